The molecule has 7 heteroatoms. The molecule has 18 heavy (non-hydrogen) atoms. The summed E-state index contributed by atoms with van der Waals surface area (Å²) >= 11 is 0. The molecule has 2 N–H and O–H groups in total. The van der Waals surface area contributed by atoms with Gasteiger partial charge in [-0.15, -0.1) is 0 Å². The second kappa shape index (κ2) is 4.91. The number of nitrogens with one attached hydrogen (secondary N) is 2. The minimum atomic E-state index is -1.06. The first-order valence-corrected chi connectivity index (χ1v) is 5.19. The van der Waals surface area contributed by atoms with Gasteiger partial charge in [-0.05, 0) is 25.1 Å². The highest BCUT2D eigenvalue weighted by Gasteiger charge is 2.14. The number of carbonyl (C=O) groups is 1. The lowest BCUT2D eigenvalue weighted by atomic mass is 10.2. The zero-order valence-corrected chi connectivity index (χ0v) is 9.45. The van der Waals surface area contributed by atoms with Crippen molar-refractivity contribution in [2.24, 2.45) is 0 Å². The van der Waals surface area contributed by atoms with Crippen LogP contribution in [0.25, 0.3) is 0 Å². The van der Waals surface area contributed by atoms with Gasteiger partial charge in [0.05, 0.1) is 6.04 Å². The first-order valence-electron chi connectivity index (χ1n) is 5.19. The molecule has 5 nitrogen and oxygen atoms in total. The molecule has 0 spiro atoms. The van der Waals surface area contributed by atoms with E-state index in [0.29, 0.717) is 5.82 Å². The molecule has 94 valence electrons. The number of nitrogens with zero attached hydrogens (tertiary/aromatic N) is 2. The second-order valence-electron chi connectivity index (χ2n) is 3.69. The van der Waals surface area contributed by atoms with Crippen LogP contribution in [0.2, 0.25) is 0 Å². The number of benzene rings is 1. The molecule has 0 aliphatic rings. The SMILES string of the molecule is CC(NC(=O)c1ccc(F)c(F)c1)c1ncn[nH]1. The van der Waals surface area contributed by atoms with Crippen molar-refractivity contribution in [3.63, 3.8) is 0 Å². The maximum Gasteiger partial charge on any atom is 0.251 e. The van der Waals surface area contributed by atoms with Crippen molar-refractivity contribution in [3.05, 3.63) is 47.5 Å². The number of halogens is 2. The summed E-state index contributed by atoms with van der Waals surface area (Å²) in [4.78, 5) is 15.6. The third kappa shape index (κ3) is 2.50. The van der Waals surface area contributed by atoms with Crippen LogP contribution in [0.1, 0.15) is 29.1 Å². The standard InChI is InChI=1S/C11H10F2N4O/c1-6(10-14-5-15-17-10)16-11(18)7-2-3-8(12)9(13)4-7/h2-6H,1H3,(H,16,18)(H,14,15,17). The predicted octanol–water partition coefficient (Wildman–Crippen LogP) is 1.57. The Morgan fingerprint density at radius 2 is 2.17 bits per heavy atom. The third-order valence-corrected chi connectivity index (χ3v) is 2.37. The van der Waals surface area contributed by atoms with Crippen LogP contribution in [0.5, 0.6) is 0 Å². The first-order chi connectivity index (χ1) is 8.58. The fraction of sp³-hybridized carbons (Fsp3) is 0.182. The van der Waals surface area contributed by atoms with Gasteiger partial charge < -0.3 is 5.32 Å². The van der Waals surface area contributed by atoms with Crippen molar-refractivity contribution in [2.75, 3.05) is 0 Å². The van der Waals surface area contributed by atoms with E-state index in [4.69, 9.17) is 0 Å². The summed E-state index contributed by atoms with van der Waals surface area (Å²) < 4.78 is 25.7. The molecule has 1 atom stereocenters. The van der Waals surface area contributed by atoms with Crippen LogP contribution in [0.4, 0.5) is 8.78 Å². The number of carbonyl (C=O) groups excluding carboxylic acids is 1. The van der Waals surface area contributed by atoms with Gasteiger partial charge in [-0.3, -0.25) is 9.89 Å². The molecule has 2 aromatic rings. The Bertz CT molecular complexity index is 556. The van der Waals surface area contributed by atoms with E-state index in [1.165, 1.54) is 12.4 Å². The first kappa shape index (κ1) is 12.2. The number of aromatic amines is 1. The van der Waals surface area contributed by atoms with Gasteiger partial charge in [0.2, 0.25) is 0 Å². The summed E-state index contributed by atoms with van der Waals surface area (Å²) in [7, 11) is 0. The van der Waals surface area contributed by atoms with Crippen LogP contribution in [0.3, 0.4) is 0 Å². The van der Waals surface area contributed by atoms with E-state index >= 15 is 0 Å². The molecular weight excluding hydrogens is 242 g/mol. The van der Waals surface area contributed by atoms with Gasteiger partial charge in [-0.2, -0.15) is 5.10 Å². The highest BCUT2D eigenvalue weighted by Crippen LogP contribution is 2.11. The minimum Gasteiger partial charge on any atom is -0.342 e. The van der Waals surface area contributed by atoms with Crippen LogP contribution in [-0.2, 0) is 0 Å². The van der Waals surface area contributed by atoms with Gasteiger partial charge in [0.1, 0.15) is 12.2 Å². The summed E-state index contributed by atoms with van der Waals surface area (Å²) in [6.07, 6.45) is 1.32. The molecular formula is C11H10F2N4O. The van der Waals surface area contributed by atoms with Crippen molar-refractivity contribution in [1.82, 2.24) is 20.5 Å². The molecule has 1 aromatic carbocycles. The topological polar surface area (TPSA) is 70.7 Å². The second-order valence-corrected chi connectivity index (χ2v) is 3.69. The maximum atomic E-state index is 13.0. The zero-order chi connectivity index (χ0) is 13.1. The molecule has 1 unspecified atom stereocenters. The zero-order valence-electron chi connectivity index (χ0n) is 9.45. The Kier molecular flexibility index (Phi) is 3.31. The molecule has 1 aromatic heterocycles. The van der Waals surface area contributed by atoms with Crippen LogP contribution < -0.4 is 5.32 Å². The lowest BCUT2D eigenvalue weighted by Gasteiger charge is -2.11. The van der Waals surface area contributed by atoms with Crippen molar-refractivity contribution in [3.8, 4) is 0 Å². The van der Waals surface area contributed by atoms with Gasteiger partial charge >= 0.3 is 0 Å². The van der Waals surface area contributed by atoms with Gasteiger partial charge in [-0.1, -0.05) is 0 Å². The quantitative estimate of drug-likeness (QED) is 0.871. The summed E-state index contributed by atoms with van der Waals surface area (Å²) in [5, 5.41) is 8.84. The highest BCUT2D eigenvalue weighted by molar-refractivity contribution is 5.94. The van der Waals surface area contributed by atoms with Crippen LogP contribution >= 0.6 is 0 Å². The van der Waals surface area contributed by atoms with Crippen LogP contribution in [-0.4, -0.2) is 21.1 Å². The van der Waals surface area contributed by atoms with Gasteiger partial charge in [0, 0.05) is 5.56 Å². The van der Waals surface area contributed by atoms with E-state index in [1.54, 1.807) is 6.92 Å². The van der Waals surface area contributed by atoms with E-state index < -0.39 is 23.6 Å². The molecule has 1 amide bonds. The Morgan fingerprint density at radius 1 is 1.39 bits per heavy atom. The van der Waals surface area contributed by atoms with Gasteiger partial charge in [-0.25, -0.2) is 13.8 Å². The number of hydrogen-bond acceptors (Lipinski definition) is 3. The smallest absolute Gasteiger partial charge is 0.251 e. The Morgan fingerprint density at radius 3 is 2.78 bits per heavy atom. The fourth-order valence-corrected chi connectivity index (χ4v) is 1.41. The number of amides is 1. The van der Waals surface area contributed by atoms with Crippen molar-refractivity contribution in [2.45, 2.75) is 13.0 Å². The molecule has 0 saturated carbocycles. The molecule has 0 aliphatic carbocycles. The summed E-state index contributed by atoms with van der Waals surface area (Å²) in [6, 6.07) is 2.55. The minimum absolute atomic E-state index is 0.0419. The lowest BCUT2D eigenvalue weighted by molar-refractivity contribution is 0.0938. The highest BCUT2D eigenvalue weighted by atomic mass is 19.2. The molecule has 0 aliphatic heterocycles. The molecule has 1 heterocycles. The molecule has 0 saturated heterocycles. The van der Waals surface area contributed by atoms with Crippen LogP contribution in [0, 0.1) is 11.6 Å². The summed E-state index contributed by atoms with van der Waals surface area (Å²) in [5.41, 5.74) is 0.0419. The van der Waals surface area contributed by atoms with Crippen molar-refractivity contribution >= 4 is 5.91 Å². The van der Waals surface area contributed by atoms with Crippen LogP contribution in [0.15, 0.2) is 24.5 Å². The van der Waals surface area contributed by atoms with E-state index in [1.807, 2.05) is 0 Å². The maximum absolute atomic E-state index is 13.0. The Balaban J connectivity index is 2.10. The largest absolute Gasteiger partial charge is 0.342 e. The fourth-order valence-electron chi connectivity index (χ4n) is 1.41. The number of hydrogen-bond donors (Lipinski definition) is 2. The van der Waals surface area contributed by atoms with E-state index in [-0.39, 0.29) is 5.56 Å². The molecule has 2 rings (SSSR count). The summed E-state index contributed by atoms with van der Waals surface area (Å²) in [6.45, 7) is 1.69. The van der Waals surface area contributed by atoms with E-state index in [0.717, 1.165) is 12.1 Å². The monoisotopic (exact) mass is 252 g/mol. The van der Waals surface area contributed by atoms with Gasteiger partial charge in [0.25, 0.3) is 5.91 Å². The number of rotatable bonds is 3. The molecule has 0 fully saturated rings. The molecule has 0 bridgehead atoms. The predicted molar refractivity (Wildman–Crippen MR) is 58.6 cm³/mol. The van der Waals surface area contributed by atoms with E-state index in [2.05, 4.69) is 20.5 Å². The lowest BCUT2D eigenvalue weighted by Crippen LogP contribution is -2.27. The Labute approximate surface area is 101 Å². The number of aromatic nitrogens is 3. The average molecular weight is 252 g/mol. The third-order valence-electron chi connectivity index (χ3n) is 2.37. The molecule has 0 radical (unpaired) electrons. The van der Waals surface area contributed by atoms with Crippen molar-refractivity contribution < 1.29 is 13.6 Å². The van der Waals surface area contributed by atoms with Crippen molar-refractivity contribution in [1.29, 1.82) is 0 Å². The summed E-state index contributed by atoms with van der Waals surface area (Å²) in [5.74, 6) is -2.09. The normalized spacial score (nSPS) is 12.2. The average Bonchev–Trinajstić information content (AvgIpc) is 2.86. The van der Waals surface area contributed by atoms with Gasteiger partial charge in [0.15, 0.2) is 11.6 Å². The van der Waals surface area contributed by atoms with E-state index in [9.17, 15) is 13.6 Å². The Hall–Kier alpha value is -2.31. The number of H-pyrrole nitrogens is 1.